The highest BCUT2D eigenvalue weighted by Gasteiger charge is 2.73. The Labute approximate surface area is 160 Å². The Morgan fingerprint density at radius 2 is 1.19 bits per heavy atom. The van der Waals surface area contributed by atoms with E-state index in [9.17, 15) is 30.7 Å². The molecule has 0 unspecified atom stereocenters. The third kappa shape index (κ3) is 6.64. The molecule has 0 atom stereocenters. The summed E-state index contributed by atoms with van der Waals surface area (Å²) >= 11 is 0.720. The Hall–Kier alpha value is -0.790. The minimum absolute atomic E-state index is 0.0822. The molecule has 0 N–H and O–H groups in total. The summed E-state index contributed by atoms with van der Waals surface area (Å²) in [5, 5.41) is 1.94. The van der Waals surface area contributed by atoms with Gasteiger partial charge in [-0.1, -0.05) is 64.7 Å². The molecule has 1 aromatic rings. The maximum absolute atomic E-state index is 13.9. The van der Waals surface area contributed by atoms with Crippen LogP contribution < -0.4 is 0 Å². The summed E-state index contributed by atoms with van der Waals surface area (Å²) in [4.78, 5) is 0. The molecule has 0 saturated carbocycles. The Kier molecular flexibility index (Phi) is 9.58. The maximum Gasteiger partial charge on any atom is 0.460 e. The Morgan fingerprint density at radius 1 is 0.704 bits per heavy atom. The van der Waals surface area contributed by atoms with Crippen molar-refractivity contribution in [2.75, 3.05) is 0 Å². The van der Waals surface area contributed by atoms with Crippen molar-refractivity contribution >= 4 is 11.3 Å². The molecule has 27 heavy (non-hydrogen) atoms. The third-order valence-electron chi connectivity index (χ3n) is 4.63. The largest absolute Gasteiger partial charge is 0.460 e. The zero-order valence-electron chi connectivity index (χ0n) is 15.5. The van der Waals surface area contributed by atoms with Crippen molar-refractivity contribution in [1.82, 2.24) is 0 Å². The van der Waals surface area contributed by atoms with Crippen molar-refractivity contribution in [1.29, 1.82) is 0 Å². The summed E-state index contributed by atoms with van der Waals surface area (Å²) in [6, 6.07) is 0. The van der Waals surface area contributed by atoms with Gasteiger partial charge >= 0.3 is 18.0 Å². The predicted molar refractivity (Wildman–Crippen MR) is 94.8 cm³/mol. The first-order chi connectivity index (χ1) is 12.6. The molecule has 8 heteroatoms. The first kappa shape index (κ1) is 24.2. The molecule has 158 valence electrons. The lowest BCUT2D eigenvalue weighted by molar-refractivity contribution is -0.359. The Morgan fingerprint density at radius 3 is 1.67 bits per heavy atom. The van der Waals surface area contributed by atoms with Crippen LogP contribution in [0, 0.1) is 0 Å². The summed E-state index contributed by atoms with van der Waals surface area (Å²) < 4.78 is 91.2. The highest BCUT2D eigenvalue weighted by molar-refractivity contribution is 7.08. The van der Waals surface area contributed by atoms with Crippen LogP contribution in [0.15, 0.2) is 10.8 Å². The number of unbranched alkanes of at least 4 members (excludes halogenated alkanes) is 9. The van der Waals surface area contributed by atoms with Crippen LogP contribution in [0.1, 0.15) is 82.3 Å². The van der Waals surface area contributed by atoms with E-state index < -0.39 is 23.6 Å². The van der Waals surface area contributed by atoms with E-state index in [2.05, 4.69) is 6.92 Å². The second kappa shape index (κ2) is 10.7. The molecule has 0 aliphatic heterocycles. The van der Waals surface area contributed by atoms with Gasteiger partial charge in [-0.2, -0.15) is 42.1 Å². The van der Waals surface area contributed by atoms with Crippen molar-refractivity contribution in [2.24, 2.45) is 0 Å². The van der Waals surface area contributed by atoms with Crippen molar-refractivity contribution in [2.45, 2.75) is 95.6 Å². The number of alkyl halides is 7. The average Bonchev–Trinajstić information content (AvgIpc) is 3.04. The minimum Gasteiger partial charge on any atom is -0.194 e. The smallest absolute Gasteiger partial charge is 0.194 e. The van der Waals surface area contributed by atoms with Gasteiger partial charge in [0.1, 0.15) is 0 Å². The quantitative estimate of drug-likeness (QED) is 0.222. The fraction of sp³-hybridized carbons (Fsp3) is 0.789. The van der Waals surface area contributed by atoms with E-state index >= 15 is 0 Å². The fourth-order valence-corrected chi connectivity index (χ4v) is 3.86. The lowest BCUT2D eigenvalue weighted by Crippen LogP contribution is -2.50. The van der Waals surface area contributed by atoms with Gasteiger partial charge < -0.3 is 0 Å². The van der Waals surface area contributed by atoms with Gasteiger partial charge in [0.2, 0.25) is 0 Å². The van der Waals surface area contributed by atoms with Gasteiger partial charge in [-0.3, -0.25) is 0 Å². The molecule has 0 radical (unpaired) electrons. The zero-order chi connectivity index (χ0) is 20.6. The molecular weight excluding hydrogens is 393 g/mol. The van der Waals surface area contributed by atoms with Crippen LogP contribution in [0.5, 0.6) is 0 Å². The standard InChI is InChI=1S/C19H27F7S/c1-2-3-4-5-6-7-8-9-10-11-12-15-13-27-14-16(15)17(20,21)18(22,23)19(24,25)26/h13-14H,2-12H2,1H3. The molecule has 1 heterocycles. The van der Waals surface area contributed by atoms with E-state index in [-0.39, 0.29) is 12.0 Å². The number of halogens is 7. The molecule has 0 saturated heterocycles. The lowest BCUT2D eigenvalue weighted by Gasteiger charge is -2.28. The van der Waals surface area contributed by atoms with Gasteiger partial charge in [-0.15, -0.1) is 0 Å². The van der Waals surface area contributed by atoms with Crippen molar-refractivity contribution in [3.05, 3.63) is 21.9 Å². The van der Waals surface area contributed by atoms with E-state index in [1.807, 2.05) is 0 Å². The van der Waals surface area contributed by atoms with Crippen molar-refractivity contribution in [3.63, 3.8) is 0 Å². The number of rotatable bonds is 13. The van der Waals surface area contributed by atoms with Gasteiger partial charge in [0.15, 0.2) is 0 Å². The van der Waals surface area contributed by atoms with Crippen LogP contribution in [0.4, 0.5) is 30.7 Å². The molecule has 1 aromatic heterocycles. The van der Waals surface area contributed by atoms with Gasteiger partial charge in [-0.25, -0.2) is 0 Å². The Balaban J connectivity index is 2.44. The van der Waals surface area contributed by atoms with Crippen LogP contribution >= 0.6 is 11.3 Å². The molecule has 0 aromatic carbocycles. The van der Waals surface area contributed by atoms with Gasteiger partial charge in [0, 0.05) is 10.9 Å². The molecule has 0 aliphatic rings. The molecule has 0 amide bonds. The molecule has 0 bridgehead atoms. The third-order valence-corrected chi connectivity index (χ3v) is 5.42. The number of thiophene rings is 1. The normalized spacial score (nSPS) is 13.3. The van der Waals surface area contributed by atoms with E-state index in [1.54, 1.807) is 0 Å². The summed E-state index contributed by atoms with van der Waals surface area (Å²) in [6.45, 7) is 2.15. The van der Waals surface area contributed by atoms with E-state index in [1.165, 1.54) is 31.1 Å². The van der Waals surface area contributed by atoms with E-state index in [0.717, 1.165) is 43.4 Å². The van der Waals surface area contributed by atoms with Crippen LogP contribution in [0.2, 0.25) is 0 Å². The highest BCUT2D eigenvalue weighted by atomic mass is 32.1. The molecule has 0 aliphatic carbocycles. The molecule has 1 rings (SSSR count). The van der Waals surface area contributed by atoms with Crippen LogP contribution in [0.25, 0.3) is 0 Å². The van der Waals surface area contributed by atoms with Crippen molar-refractivity contribution < 1.29 is 30.7 Å². The fourth-order valence-electron chi connectivity index (χ4n) is 2.94. The number of hydrogen-bond acceptors (Lipinski definition) is 1. The second-order valence-electron chi connectivity index (χ2n) is 6.89. The zero-order valence-corrected chi connectivity index (χ0v) is 16.3. The van der Waals surface area contributed by atoms with Crippen LogP contribution in [-0.4, -0.2) is 12.1 Å². The van der Waals surface area contributed by atoms with Gasteiger partial charge in [0.05, 0.1) is 0 Å². The number of hydrogen-bond donors (Lipinski definition) is 0. The predicted octanol–water partition coefficient (Wildman–Crippen LogP) is 8.50. The van der Waals surface area contributed by atoms with Gasteiger partial charge in [-0.05, 0) is 23.8 Å². The molecule has 0 fully saturated rings. The first-order valence-electron chi connectivity index (χ1n) is 9.43. The SMILES string of the molecule is CCCCCCCCCCCCc1cscc1C(F)(F)C(F)(F)C(F)(F)F. The maximum atomic E-state index is 13.9. The monoisotopic (exact) mass is 420 g/mol. The second-order valence-corrected chi connectivity index (χ2v) is 7.63. The first-order valence-corrected chi connectivity index (χ1v) is 10.4. The minimum atomic E-state index is -6.30. The van der Waals surface area contributed by atoms with Crippen LogP contribution in [0.3, 0.4) is 0 Å². The molecular formula is C19H27F7S. The molecule has 0 spiro atoms. The van der Waals surface area contributed by atoms with Crippen LogP contribution in [-0.2, 0) is 12.3 Å². The van der Waals surface area contributed by atoms with E-state index in [0.29, 0.717) is 11.8 Å². The topological polar surface area (TPSA) is 0 Å². The molecule has 0 nitrogen and oxygen atoms in total. The van der Waals surface area contributed by atoms with Crippen molar-refractivity contribution in [3.8, 4) is 0 Å². The summed E-state index contributed by atoms with van der Waals surface area (Å²) in [5.41, 5.74) is -1.32. The summed E-state index contributed by atoms with van der Waals surface area (Å²) in [5.74, 6) is -11.4. The highest BCUT2D eigenvalue weighted by Crippen LogP contribution is 2.53. The average molecular weight is 420 g/mol. The summed E-state index contributed by atoms with van der Waals surface area (Å²) in [7, 11) is 0. The number of aryl methyl sites for hydroxylation is 1. The van der Waals surface area contributed by atoms with E-state index in [4.69, 9.17) is 0 Å². The summed E-state index contributed by atoms with van der Waals surface area (Å²) in [6.07, 6.45) is 4.07. The van der Waals surface area contributed by atoms with Gasteiger partial charge in [0.25, 0.3) is 0 Å². The Bertz CT molecular complexity index is 534. The lowest BCUT2D eigenvalue weighted by atomic mass is 9.97.